The molecule has 0 aliphatic carbocycles. The lowest BCUT2D eigenvalue weighted by molar-refractivity contribution is 0.0786. The number of rotatable bonds is 4. The molecule has 2 aromatic rings. The number of nitrogens with zero attached hydrogens (tertiary/aromatic N) is 3. The van der Waals surface area contributed by atoms with Crippen LogP contribution in [0.3, 0.4) is 0 Å². The molecule has 2 aliphatic heterocycles. The fraction of sp³-hybridized carbons (Fsp3) is 0.474. The van der Waals surface area contributed by atoms with Crippen LogP contribution < -0.4 is 4.74 Å². The average molecular weight is 389 g/mol. The molecule has 144 valence electrons. The molecule has 3 heterocycles. The number of carbonyl (C=O) groups excluding carboxylic acids is 1. The Balaban J connectivity index is 1.73. The number of hydrogen-bond donors (Lipinski definition) is 0. The van der Waals surface area contributed by atoms with Gasteiger partial charge in [-0.25, -0.2) is 8.42 Å². The van der Waals surface area contributed by atoms with Crippen LogP contribution in [0.2, 0.25) is 0 Å². The maximum atomic E-state index is 12.8. The normalized spacial score (nSPS) is 21.5. The predicted molar refractivity (Wildman–Crippen MR) is 102 cm³/mol. The summed E-state index contributed by atoms with van der Waals surface area (Å²) in [6.45, 7) is 1.50. The molecule has 27 heavy (non-hydrogen) atoms. The molecule has 0 saturated carbocycles. The Kier molecular flexibility index (Phi) is 4.67. The minimum atomic E-state index is -3.06. The highest BCUT2D eigenvalue weighted by atomic mass is 32.2. The van der Waals surface area contributed by atoms with Crippen LogP contribution in [-0.2, 0) is 9.84 Å². The van der Waals surface area contributed by atoms with Crippen molar-refractivity contribution in [2.75, 3.05) is 31.7 Å². The van der Waals surface area contributed by atoms with Crippen LogP contribution in [0.25, 0.3) is 11.3 Å². The number of ether oxygens (including phenoxy) is 1. The summed E-state index contributed by atoms with van der Waals surface area (Å²) in [5, 5.41) is 4.55. The minimum Gasteiger partial charge on any atom is -0.497 e. The molecule has 0 unspecified atom stereocenters. The van der Waals surface area contributed by atoms with Gasteiger partial charge in [0.15, 0.2) is 15.5 Å². The van der Waals surface area contributed by atoms with Crippen LogP contribution in [0.5, 0.6) is 5.75 Å². The van der Waals surface area contributed by atoms with E-state index >= 15 is 0 Å². The van der Waals surface area contributed by atoms with E-state index in [9.17, 15) is 13.2 Å². The summed E-state index contributed by atoms with van der Waals surface area (Å²) < 4.78 is 30.9. The monoisotopic (exact) mass is 389 g/mol. The van der Waals surface area contributed by atoms with Gasteiger partial charge in [0.05, 0.1) is 30.4 Å². The lowest BCUT2D eigenvalue weighted by Gasteiger charge is -2.14. The Morgan fingerprint density at radius 3 is 2.48 bits per heavy atom. The maximum absolute atomic E-state index is 12.8. The number of benzene rings is 1. The van der Waals surface area contributed by atoms with E-state index in [4.69, 9.17) is 4.74 Å². The largest absolute Gasteiger partial charge is 0.497 e. The molecule has 0 radical (unpaired) electrons. The number of methoxy groups -OCH3 is 1. The van der Waals surface area contributed by atoms with Gasteiger partial charge in [0.25, 0.3) is 5.91 Å². The van der Waals surface area contributed by atoms with Crippen molar-refractivity contribution < 1.29 is 17.9 Å². The molecule has 1 atom stereocenters. The second-order valence-corrected chi connectivity index (χ2v) is 9.37. The van der Waals surface area contributed by atoms with E-state index in [1.165, 1.54) is 0 Å². The van der Waals surface area contributed by atoms with Gasteiger partial charge in [0.2, 0.25) is 0 Å². The molecule has 0 spiro atoms. The predicted octanol–water partition coefficient (Wildman–Crippen LogP) is 2.15. The Morgan fingerprint density at radius 1 is 1.19 bits per heavy atom. The molecule has 7 nitrogen and oxygen atoms in total. The van der Waals surface area contributed by atoms with E-state index in [0.29, 0.717) is 12.1 Å². The Labute approximate surface area is 158 Å². The van der Waals surface area contributed by atoms with Crippen LogP contribution >= 0.6 is 0 Å². The van der Waals surface area contributed by atoms with Gasteiger partial charge < -0.3 is 9.64 Å². The lowest BCUT2D eigenvalue weighted by atomic mass is 10.1. The fourth-order valence-electron chi connectivity index (χ4n) is 3.81. The highest BCUT2D eigenvalue weighted by Gasteiger charge is 2.33. The molecule has 2 aliphatic rings. The van der Waals surface area contributed by atoms with Gasteiger partial charge in [0, 0.05) is 18.7 Å². The van der Waals surface area contributed by atoms with Crippen molar-refractivity contribution in [3.63, 3.8) is 0 Å². The van der Waals surface area contributed by atoms with E-state index < -0.39 is 9.84 Å². The molecule has 2 fully saturated rings. The standard InChI is InChI=1S/C19H23N3O4S/c1-26-16-6-4-14(5-7-16)18-12-17(19(23)21-9-2-3-10-21)20-22(18)15-8-11-27(24,25)13-15/h4-7,12,15H,2-3,8-11,13H2,1H3/t15-/m1/s1. The van der Waals surface area contributed by atoms with Crippen LogP contribution in [0.4, 0.5) is 0 Å². The van der Waals surface area contributed by atoms with Gasteiger partial charge in [-0.3, -0.25) is 9.48 Å². The van der Waals surface area contributed by atoms with Crippen LogP contribution in [-0.4, -0.2) is 60.7 Å². The molecule has 1 amide bonds. The van der Waals surface area contributed by atoms with Gasteiger partial charge in [-0.2, -0.15) is 5.10 Å². The number of aromatic nitrogens is 2. The zero-order valence-corrected chi connectivity index (χ0v) is 16.1. The van der Waals surface area contributed by atoms with E-state index in [-0.39, 0.29) is 23.5 Å². The summed E-state index contributed by atoms with van der Waals surface area (Å²) in [6.07, 6.45) is 2.54. The number of likely N-dealkylation sites (tertiary alicyclic amines) is 1. The maximum Gasteiger partial charge on any atom is 0.274 e. The topological polar surface area (TPSA) is 81.5 Å². The smallest absolute Gasteiger partial charge is 0.274 e. The zero-order valence-electron chi connectivity index (χ0n) is 15.3. The molecule has 8 heteroatoms. The quantitative estimate of drug-likeness (QED) is 0.800. The third kappa shape index (κ3) is 3.58. The molecule has 2 saturated heterocycles. The fourth-order valence-corrected chi connectivity index (χ4v) is 5.50. The molecule has 1 aromatic carbocycles. The molecular formula is C19H23N3O4S. The van der Waals surface area contributed by atoms with Crippen molar-refractivity contribution >= 4 is 15.7 Å². The Morgan fingerprint density at radius 2 is 1.89 bits per heavy atom. The number of hydrogen-bond acceptors (Lipinski definition) is 5. The summed E-state index contributed by atoms with van der Waals surface area (Å²) >= 11 is 0. The van der Waals surface area contributed by atoms with E-state index in [2.05, 4.69) is 5.10 Å². The summed E-state index contributed by atoms with van der Waals surface area (Å²) in [4.78, 5) is 14.6. The van der Waals surface area contributed by atoms with Gasteiger partial charge in [-0.05, 0) is 49.6 Å². The number of carbonyl (C=O) groups is 1. The third-order valence-electron chi connectivity index (χ3n) is 5.29. The van der Waals surface area contributed by atoms with Crippen LogP contribution in [0.1, 0.15) is 35.8 Å². The second-order valence-electron chi connectivity index (χ2n) is 7.14. The summed E-state index contributed by atoms with van der Waals surface area (Å²) in [5.41, 5.74) is 2.03. The molecule has 4 rings (SSSR count). The first-order valence-corrected chi connectivity index (χ1v) is 11.0. The van der Waals surface area contributed by atoms with Gasteiger partial charge >= 0.3 is 0 Å². The summed E-state index contributed by atoms with van der Waals surface area (Å²) in [5.74, 6) is 0.882. The number of amides is 1. The van der Waals surface area contributed by atoms with Crippen molar-refractivity contribution in [2.24, 2.45) is 0 Å². The molecule has 0 N–H and O–H groups in total. The van der Waals surface area contributed by atoms with Gasteiger partial charge in [-0.1, -0.05) is 0 Å². The molecular weight excluding hydrogens is 366 g/mol. The molecule has 0 bridgehead atoms. The first-order valence-electron chi connectivity index (χ1n) is 9.20. The first kappa shape index (κ1) is 18.0. The van der Waals surface area contributed by atoms with Crippen LogP contribution in [0, 0.1) is 0 Å². The van der Waals surface area contributed by atoms with Gasteiger partial charge in [-0.15, -0.1) is 0 Å². The third-order valence-corrected chi connectivity index (χ3v) is 7.04. The van der Waals surface area contributed by atoms with Gasteiger partial charge in [0.1, 0.15) is 5.75 Å². The number of sulfone groups is 1. The lowest BCUT2D eigenvalue weighted by Crippen LogP contribution is -2.28. The Hall–Kier alpha value is -2.35. The van der Waals surface area contributed by atoms with Crippen molar-refractivity contribution in [2.45, 2.75) is 25.3 Å². The second kappa shape index (κ2) is 6.99. The highest BCUT2D eigenvalue weighted by molar-refractivity contribution is 7.91. The van der Waals surface area contributed by atoms with E-state index in [1.54, 1.807) is 17.9 Å². The summed E-state index contributed by atoms with van der Waals surface area (Å²) in [7, 11) is -1.45. The van der Waals surface area contributed by atoms with Crippen molar-refractivity contribution in [3.8, 4) is 17.0 Å². The van der Waals surface area contributed by atoms with Crippen molar-refractivity contribution in [3.05, 3.63) is 36.0 Å². The van der Waals surface area contributed by atoms with E-state index in [1.807, 2.05) is 29.2 Å². The highest BCUT2D eigenvalue weighted by Crippen LogP contribution is 2.31. The minimum absolute atomic E-state index is 0.0647. The van der Waals surface area contributed by atoms with E-state index in [0.717, 1.165) is 42.9 Å². The van der Waals surface area contributed by atoms with Crippen LogP contribution in [0.15, 0.2) is 30.3 Å². The average Bonchev–Trinajstić information content (AvgIpc) is 3.40. The Bertz CT molecular complexity index is 944. The van der Waals surface area contributed by atoms with Crippen molar-refractivity contribution in [1.29, 1.82) is 0 Å². The summed E-state index contributed by atoms with van der Waals surface area (Å²) in [6, 6.07) is 9.04. The SMILES string of the molecule is COc1ccc(-c2cc(C(=O)N3CCCC3)nn2[C@@H]2CCS(=O)(=O)C2)cc1. The first-order chi connectivity index (χ1) is 13.0. The molecule has 1 aromatic heterocycles. The van der Waals surface area contributed by atoms with Crippen molar-refractivity contribution in [1.82, 2.24) is 14.7 Å². The zero-order chi connectivity index (χ0) is 19.0.